The summed E-state index contributed by atoms with van der Waals surface area (Å²) >= 11 is 0. The molecule has 0 spiro atoms. The largest absolute Gasteiger partial charge is 0.395 e. The van der Waals surface area contributed by atoms with Crippen LogP contribution < -0.4 is 0 Å². The van der Waals surface area contributed by atoms with Crippen LogP contribution in [0.1, 0.15) is 15.1 Å². The Morgan fingerprint density at radius 2 is 2.43 bits per heavy atom. The Labute approximate surface area is 53.2 Å². The average molecular weight is 109 g/mol. The molecule has 0 fully saturated rings. The molecule has 1 unspecified atom stereocenters. The smallest absolute Gasteiger partial charge is 0.0583 e. The molecular formula is C5H13NO. The number of rotatable bonds is 2. The first-order valence-corrected chi connectivity index (χ1v) is 2.01. The van der Waals surface area contributed by atoms with Crippen LogP contribution in [0.15, 0.2) is 0 Å². The lowest BCUT2D eigenvalue weighted by molar-refractivity contribution is 0.182. The molecule has 2 nitrogen and oxygen atoms in total. The second-order valence-corrected chi connectivity index (χ2v) is 1.40. The van der Waals surface area contributed by atoms with Crippen LogP contribution in [0.5, 0.6) is 0 Å². The Morgan fingerprint density at radius 1 is 1.86 bits per heavy atom. The van der Waals surface area contributed by atoms with Crippen molar-refractivity contribution in [3.63, 3.8) is 0 Å². The van der Waals surface area contributed by atoms with Crippen LogP contribution in [-0.2, 0) is 0 Å². The van der Waals surface area contributed by atoms with Gasteiger partial charge in [-0.05, 0) is 20.9 Å². The molecule has 44 valence electrons. The van der Waals surface area contributed by atoms with Crippen LogP contribution in [0, 0.1) is 0 Å². The van der Waals surface area contributed by atoms with E-state index in [9.17, 15) is 0 Å². The third kappa shape index (κ3) is 2.60. The molecule has 0 heterocycles. The second-order valence-electron chi connectivity index (χ2n) is 1.40. The van der Waals surface area contributed by atoms with Crippen molar-refractivity contribution in [2.24, 2.45) is 0 Å². The maximum absolute atomic E-state index is 8.69. The molecule has 7 heavy (non-hydrogen) atoms. The molecule has 0 radical (unpaired) electrons. The quantitative estimate of drug-likeness (QED) is 0.536. The SMILES string of the molecule is [2H]C([2H])([2H])N(C(C)CO)C([2H])([2H])[2H]. The monoisotopic (exact) mass is 109 g/mol. The minimum absolute atomic E-state index is 0.347. The van der Waals surface area contributed by atoms with Crippen molar-refractivity contribution in [3.05, 3.63) is 0 Å². The summed E-state index contributed by atoms with van der Waals surface area (Å²) in [6, 6.07) is -0.917. The Bertz CT molecular complexity index is 149. The lowest BCUT2D eigenvalue weighted by atomic mass is 10.3. The lowest BCUT2D eigenvalue weighted by Crippen LogP contribution is -2.27. The van der Waals surface area contributed by atoms with E-state index in [-0.39, 0.29) is 0 Å². The van der Waals surface area contributed by atoms with E-state index in [0.717, 1.165) is 0 Å². The van der Waals surface area contributed by atoms with E-state index in [4.69, 9.17) is 13.3 Å². The number of hydrogen-bond acceptors (Lipinski definition) is 2. The summed E-state index contributed by atoms with van der Waals surface area (Å²) in [6.07, 6.45) is 0. The van der Waals surface area contributed by atoms with Gasteiger partial charge in [-0.2, -0.15) is 0 Å². The molecule has 0 amide bonds. The highest BCUT2D eigenvalue weighted by Gasteiger charge is 1.98. The molecular weight excluding hydrogens is 90.1 g/mol. The fraction of sp³-hybridized carbons (Fsp3) is 1.00. The van der Waals surface area contributed by atoms with Gasteiger partial charge in [-0.25, -0.2) is 0 Å². The second kappa shape index (κ2) is 2.99. The van der Waals surface area contributed by atoms with Gasteiger partial charge in [0.25, 0.3) is 0 Å². The maximum atomic E-state index is 8.69. The maximum Gasteiger partial charge on any atom is 0.0583 e. The summed E-state index contributed by atoms with van der Waals surface area (Å²) in [5, 5.41) is 8.69. The molecule has 0 saturated heterocycles. The summed E-state index contributed by atoms with van der Waals surface area (Å²) in [7, 11) is 0. The fourth-order valence-corrected chi connectivity index (χ4v) is 0.0816. The molecule has 2 heteroatoms. The third-order valence-electron chi connectivity index (χ3n) is 0.705. The van der Waals surface area contributed by atoms with Crippen molar-refractivity contribution in [1.29, 1.82) is 0 Å². The Hall–Kier alpha value is -0.0800. The van der Waals surface area contributed by atoms with Gasteiger partial charge in [0.05, 0.1) is 6.61 Å². The van der Waals surface area contributed by atoms with Crippen LogP contribution in [0.2, 0.25) is 0 Å². The molecule has 0 aliphatic rings. The minimum atomic E-state index is -2.71. The first kappa shape index (κ1) is 1.71. The van der Waals surface area contributed by atoms with Gasteiger partial charge in [0.15, 0.2) is 0 Å². The van der Waals surface area contributed by atoms with Gasteiger partial charge >= 0.3 is 0 Å². The molecule has 1 N–H and O–H groups in total. The van der Waals surface area contributed by atoms with Crippen LogP contribution >= 0.6 is 0 Å². The highest BCUT2D eigenvalue weighted by Crippen LogP contribution is 1.85. The van der Waals surface area contributed by atoms with E-state index in [1.165, 1.54) is 6.92 Å². The van der Waals surface area contributed by atoms with E-state index in [2.05, 4.69) is 0 Å². The van der Waals surface area contributed by atoms with Crippen molar-refractivity contribution >= 4 is 0 Å². The normalized spacial score (nSPS) is 31.3. The predicted octanol–water partition coefficient (Wildman–Crippen LogP) is -0.0712. The lowest BCUT2D eigenvalue weighted by Gasteiger charge is -2.15. The Kier molecular flexibility index (Phi) is 0.730. The number of nitrogens with zero attached hydrogens (tertiary/aromatic N) is 1. The Morgan fingerprint density at radius 3 is 2.57 bits per heavy atom. The van der Waals surface area contributed by atoms with Gasteiger partial charge in [0, 0.05) is 14.3 Å². The summed E-state index contributed by atoms with van der Waals surface area (Å²) < 4.78 is 41.8. The van der Waals surface area contributed by atoms with Crippen LogP contribution in [0.25, 0.3) is 0 Å². The zero-order chi connectivity index (χ0) is 10.9. The van der Waals surface area contributed by atoms with Crippen LogP contribution in [-0.4, -0.2) is 36.6 Å². The highest BCUT2D eigenvalue weighted by atomic mass is 16.3. The molecule has 0 saturated carbocycles. The molecule has 0 rings (SSSR count). The third-order valence-corrected chi connectivity index (χ3v) is 0.705. The molecule has 0 aromatic heterocycles. The summed E-state index contributed by atoms with van der Waals surface area (Å²) in [6.45, 7) is -4.59. The van der Waals surface area contributed by atoms with Crippen molar-refractivity contribution in [2.45, 2.75) is 13.0 Å². The van der Waals surface area contributed by atoms with Crippen LogP contribution in [0.4, 0.5) is 0 Å². The van der Waals surface area contributed by atoms with E-state index >= 15 is 0 Å². The fourth-order valence-electron chi connectivity index (χ4n) is 0.0816. The summed E-state index contributed by atoms with van der Waals surface area (Å²) in [4.78, 5) is 0.347. The predicted molar refractivity (Wildman–Crippen MR) is 30.2 cm³/mol. The first-order valence-electron chi connectivity index (χ1n) is 5.01. The molecule has 1 atom stereocenters. The van der Waals surface area contributed by atoms with Gasteiger partial charge in [-0.3, -0.25) is 0 Å². The number of aliphatic hydroxyl groups is 1. The van der Waals surface area contributed by atoms with E-state index in [0.29, 0.717) is 4.90 Å². The molecule has 0 aliphatic carbocycles. The average Bonchev–Trinajstić information content (AvgIpc) is 1.80. The number of likely N-dealkylation sites (N-methyl/N-ethyl adjacent to an activating group) is 1. The number of aliphatic hydroxyl groups excluding tert-OH is 1. The minimum Gasteiger partial charge on any atom is -0.395 e. The van der Waals surface area contributed by atoms with E-state index in [1.807, 2.05) is 0 Å². The Balaban J connectivity index is 4.78. The highest BCUT2D eigenvalue weighted by molar-refractivity contribution is 4.53. The standard InChI is InChI=1S/C5H13NO/c1-5(4-7)6(2)3/h5,7H,4H2,1-3H3/i2D3,3D3. The van der Waals surface area contributed by atoms with Crippen molar-refractivity contribution in [3.8, 4) is 0 Å². The zero-order valence-electron chi connectivity index (χ0n) is 10.2. The van der Waals surface area contributed by atoms with Crippen molar-refractivity contribution in [1.82, 2.24) is 4.90 Å². The molecule has 0 aliphatic heterocycles. The first-order chi connectivity index (χ1) is 5.60. The number of hydrogen-bond donors (Lipinski definition) is 1. The van der Waals surface area contributed by atoms with Crippen LogP contribution in [0.3, 0.4) is 0 Å². The van der Waals surface area contributed by atoms with Gasteiger partial charge in [-0.15, -0.1) is 0 Å². The van der Waals surface area contributed by atoms with E-state index < -0.39 is 26.6 Å². The topological polar surface area (TPSA) is 23.5 Å². The van der Waals surface area contributed by atoms with Gasteiger partial charge < -0.3 is 10.0 Å². The van der Waals surface area contributed by atoms with Crippen molar-refractivity contribution in [2.75, 3.05) is 20.6 Å². The van der Waals surface area contributed by atoms with E-state index in [1.54, 1.807) is 0 Å². The molecule has 0 bridgehead atoms. The van der Waals surface area contributed by atoms with Gasteiger partial charge in [-0.1, -0.05) is 0 Å². The molecule has 0 aromatic rings. The van der Waals surface area contributed by atoms with Gasteiger partial charge in [0.1, 0.15) is 0 Å². The summed E-state index contributed by atoms with van der Waals surface area (Å²) in [5.41, 5.74) is 0. The van der Waals surface area contributed by atoms with Crippen molar-refractivity contribution < 1.29 is 13.3 Å². The van der Waals surface area contributed by atoms with Gasteiger partial charge in [0.2, 0.25) is 0 Å². The zero-order valence-corrected chi connectivity index (χ0v) is 4.18. The molecule has 0 aromatic carbocycles. The summed E-state index contributed by atoms with van der Waals surface area (Å²) in [5.74, 6) is 0.